The van der Waals surface area contributed by atoms with E-state index in [9.17, 15) is 8.42 Å². The maximum atomic E-state index is 12.7. The van der Waals surface area contributed by atoms with Crippen LogP contribution < -0.4 is 5.32 Å². The first-order valence-corrected chi connectivity index (χ1v) is 7.61. The molecule has 3 rings (SSSR count). The second-order valence-electron chi connectivity index (χ2n) is 5.04. The Balaban J connectivity index is 2.01. The van der Waals surface area contributed by atoms with Crippen LogP contribution in [0.15, 0.2) is 9.42 Å². The first-order valence-electron chi connectivity index (χ1n) is 6.17. The third-order valence-electron chi connectivity index (χ3n) is 3.93. The zero-order valence-electron chi connectivity index (χ0n) is 10.5. The van der Waals surface area contributed by atoms with Gasteiger partial charge in [0.1, 0.15) is 10.6 Å². The van der Waals surface area contributed by atoms with E-state index in [4.69, 9.17) is 4.52 Å². The Morgan fingerprint density at radius 3 is 2.83 bits per heavy atom. The van der Waals surface area contributed by atoms with Crippen LogP contribution in [0.3, 0.4) is 0 Å². The maximum absolute atomic E-state index is 12.7. The van der Waals surface area contributed by atoms with Crippen molar-refractivity contribution < 1.29 is 12.9 Å². The molecule has 3 heterocycles. The number of nitrogens with zero attached hydrogens (tertiary/aromatic N) is 2. The number of hydrogen-bond donors (Lipinski definition) is 1. The van der Waals surface area contributed by atoms with Crippen LogP contribution in [0.5, 0.6) is 0 Å². The van der Waals surface area contributed by atoms with Crippen molar-refractivity contribution in [2.24, 2.45) is 5.92 Å². The average molecular weight is 271 g/mol. The summed E-state index contributed by atoms with van der Waals surface area (Å²) in [6.45, 7) is 5.58. The van der Waals surface area contributed by atoms with E-state index in [2.05, 4.69) is 10.5 Å². The average Bonchev–Trinajstić information content (AvgIpc) is 2.92. The zero-order valence-corrected chi connectivity index (χ0v) is 11.3. The molecule has 2 saturated heterocycles. The lowest BCUT2D eigenvalue weighted by Crippen LogP contribution is -2.39. The van der Waals surface area contributed by atoms with E-state index in [-0.39, 0.29) is 10.9 Å². The number of rotatable bonds is 2. The lowest BCUT2D eigenvalue weighted by Gasteiger charge is -2.22. The fraction of sp³-hybridized carbons (Fsp3) is 0.727. The molecule has 0 saturated carbocycles. The number of fused-ring (bicyclic) bond motifs is 1. The number of sulfonamides is 1. The predicted molar refractivity (Wildman–Crippen MR) is 64.6 cm³/mol. The van der Waals surface area contributed by atoms with Crippen molar-refractivity contribution in [1.29, 1.82) is 0 Å². The highest BCUT2D eigenvalue weighted by molar-refractivity contribution is 7.89. The molecule has 1 N–H and O–H groups in total. The minimum absolute atomic E-state index is 0.0868. The first kappa shape index (κ1) is 12.1. The molecule has 0 bridgehead atoms. The standard InChI is InChI=1S/C11H17N3O3S/c1-7-11(8(2)17-13-7)18(15,16)14-4-3-9-5-12-6-10(9)14/h9-10,12H,3-6H2,1-2H3/t9-,10+/m0/s1. The van der Waals surface area contributed by atoms with E-state index >= 15 is 0 Å². The van der Waals surface area contributed by atoms with Gasteiger partial charge in [0, 0.05) is 19.1 Å². The lowest BCUT2D eigenvalue weighted by molar-refractivity contribution is 0.377. The summed E-state index contributed by atoms with van der Waals surface area (Å²) in [4.78, 5) is 0.245. The van der Waals surface area contributed by atoms with Crippen LogP contribution in [0.25, 0.3) is 0 Å². The monoisotopic (exact) mass is 271 g/mol. The maximum Gasteiger partial charge on any atom is 0.248 e. The van der Waals surface area contributed by atoms with Gasteiger partial charge in [-0.3, -0.25) is 0 Å². The van der Waals surface area contributed by atoms with Crippen LogP contribution >= 0.6 is 0 Å². The van der Waals surface area contributed by atoms with Crippen molar-refractivity contribution in [3.05, 3.63) is 11.5 Å². The van der Waals surface area contributed by atoms with Crippen LogP contribution in [-0.4, -0.2) is 43.6 Å². The molecule has 2 atom stereocenters. The molecule has 6 nitrogen and oxygen atoms in total. The minimum atomic E-state index is -3.47. The summed E-state index contributed by atoms with van der Waals surface area (Å²) in [5.74, 6) is 0.821. The molecule has 7 heteroatoms. The number of hydrogen-bond acceptors (Lipinski definition) is 5. The molecular weight excluding hydrogens is 254 g/mol. The van der Waals surface area contributed by atoms with E-state index in [1.54, 1.807) is 18.2 Å². The molecule has 2 aliphatic rings. The Bertz CT molecular complexity index is 547. The summed E-state index contributed by atoms with van der Waals surface area (Å²) in [7, 11) is -3.47. The van der Waals surface area contributed by atoms with Gasteiger partial charge in [0.25, 0.3) is 0 Å². The quantitative estimate of drug-likeness (QED) is 0.836. The SMILES string of the molecule is Cc1noc(C)c1S(=O)(=O)N1CC[C@H]2CNC[C@H]21. The Hall–Kier alpha value is -0.920. The predicted octanol–water partition coefficient (Wildman–Crippen LogP) is 0.274. The van der Waals surface area contributed by atoms with Crippen molar-refractivity contribution >= 4 is 10.0 Å². The van der Waals surface area contributed by atoms with E-state index in [1.165, 1.54) is 0 Å². The normalized spacial score (nSPS) is 28.8. The highest BCUT2D eigenvalue weighted by atomic mass is 32.2. The van der Waals surface area contributed by atoms with Gasteiger partial charge in [-0.1, -0.05) is 5.16 Å². The zero-order chi connectivity index (χ0) is 12.9. The van der Waals surface area contributed by atoms with Gasteiger partial charge < -0.3 is 9.84 Å². The third-order valence-corrected chi connectivity index (χ3v) is 6.10. The smallest absolute Gasteiger partial charge is 0.248 e. The van der Waals surface area contributed by atoms with Gasteiger partial charge in [0.15, 0.2) is 5.76 Å². The molecule has 100 valence electrons. The van der Waals surface area contributed by atoms with Crippen LogP contribution in [0, 0.1) is 19.8 Å². The summed E-state index contributed by atoms with van der Waals surface area (Å²) in [5.41, 5.74) is 0.446. The molecule has 18 heavy (non-hydrogen) atoms. The fourth-order valence-electron chi connectivity index (χ4n) is 3.07. The highest BCUT2D eigenvalue weighted by Gasteiger charge is 2.45. The molecule has 0 spiro atoms. The molecule has 0 radical (unpaired) electrons. The fourth-order valence-corrected chi connectivity index (χ4v) is 5.06. The molecular formula is C11H17N3O3S. The Labute approximate surface area is 106 Å². The van der Waals surface area contributed by atoms with Gasteiger partial charge in [-0.05, 0) is 32.7 Å². The second kappa shape index (κ2) is 4.04. The van der Waals surface area contributed by atoms with Gasteiger partial charge in [0.2, 0.25) is 10.0 Å². The van der Waals surface area contributed by atoms with Crippen molar-refractivity contribution in [2.75, 3.05) is 19.6 Å². The molecule has 1 aromatic rings. The third kappa shape index (κ3) is 1.61. The van der Waals surface area contributed by atoms with Crippen molar-refractivity contribution in [3.8, 4) is 0 Å². The van der Waals surface area contributed by atoms with Crippen LogP contribution in [0.1, 0.15) is 17.9 Å². The Morgan fingerprint density at radius 1 is 1.39 bits per heavy atom. The molecule has 2 aliphatic heterocycles. The van der Waals surface area contributed by atoms with Crippen LogP contribution in [-0.2, 0) is 10.0 Å². The van der Waals surface area contributed by atoms with Gasteiger partial charge in [-0.25, -0.2) is 8.42 Å². The lowest BCUT2D eigenvalue weighted by atomic mass is 10.1. The van der Waals surface area contributed by atoms with E-state index in [1.807, 2.05) is 0 Å². The Morgan fingerprint density at radius 2 is 2.17 bits per heavy atom. The summed E-state index contributed by atoms with van der Waals surface area (Å²) < 4.78 is 32.0. The molecule has 0 aliphatic carbocycles. The summed E-state index contributed by atoms with van der Waals surface area (Å²) in [5, 5.41) is 7.00. The van der Waals surface area contributed by atoms with Gasteiger partial charge >= 0.3 is 0 Å². The van der Waals surface area contributed by atoms with Gasteiger partial charge in [-0.2, -0.15) is 4.31 Å². The first-order chi connectivity index (χ1) is 8.51. The molecule has 0 amide bonds. The molecule has 0 unspecified atom stereocenters. The summed E-state index contributed by atoms with van der Waals surface area (Å²) >= 11 is 0. The Kier molecular flexibility index (Phi) is 2.72. The number of nitrogens with one attached hydrogen (secondary N) is 1. The van der Waals surface area contributed by atoms with Crippen LogP contribution in [0.4, 0.5) is 0 Å². The van der Waals surface area contributed by atoms with Gasteiger partial charge in [-0.15, -0.1) is 0 Å². The van der Waals surface area contributed by atoms with Gasteiger partial charge in [0.05, 0.1) is 0 Å². The van der Waals surface area contributed by atoms with E-state index in [0.717, 1.165) is 19.5 Å². The van der Waals surface area contributed by atoms with Crippen molar-refractivity contribution in [2.45, 2.75) is 31.2 Å². The minimum Gasteiger partial charge on any atom is -0.360 e. The molecule has 1 aromatic heterocycles. The second-order valence-corrected chi connectivity index (χ2v) is 6.87. The van der Waals surface area contributed by atoms with Crippen LogP contribution in [0.2, 0.25) is 0 Å². The highest BCUT2D eigenvalue weighted by Crippen LogP contribution is 2.34. The topological polar surface area (TPSA) is 75.4 Å². The van der Waals surface area contributed by atoms with Crippen molar-refractivity contribution in [1.82, 2.24) is 14.8 Å². The van der Waals surface area contributed by atoms with E-state index < -0.39 is 10.0 Å². The van der Waals surface area contributed by atoms with Crippen molar-refractivity contribution in [3.63, 3.8) is 0 Å². The number of aromatic nitrogens is 1. The summed E-state index contributed by atoms with van der Waals surface area (Å²) in [6.07, 6.45) is 0.931. The number of aryl methyl sites for hydroxylation is 2. The largest absolute Gasteiger partial charge is 0.360 e. The molecule has 2 fully saturated rings. The molecule has 0 aromatic carbocycles. The summed E-state index contributed by atoms with van der Waals surface area (Å²) in [6, 6.07) is 0.0868. The van der Waals surface area contributed by atoms with E-state index in [0.29, 0.717) is 23.9 Å².